The summed E-state index contributed by atoms with van der Waals surface area (Å²) in [4.78, 5) is 2.17. The minimum atomic E-state index is -0.198. The minimum absolute atomic E-state index is 0.198. The predicted octanol–water partition coefficient (Wildman–Crippen LogP) is 1.63. The molecule has 0 radical (unpaired) electrons. The number of aliphatic hydroxyl groups is 1. The standard InChI is InChI=1S/C12H17ClN2O/c1-14-7-9-2-3-10(6-12(9)13)15-5-4-11(16)8-15/h2-3,6,11,14,16H,4-5,7-8H2,1H3. The summed E-state index contributed by atoms with van der Waals surface area (Å²) < 4.78 is 0. The summed E-state index contributed by atoms with van der Waals surface area (Å²) in [5.74, 6) is 0. The van der Waals surface area contributed by atoms with E-state index in [0.717, 1.165) is 35.8 Å². The quantitative estimate of drug-likeness (QED) is 0.843. The van der Waals surface area contributed by atoms with Crippen LogP contribution in [-0.4, -0.2) is 31.3 Å². The monoisotopic (exact) mass is 240 g/mol. The van der Waals surface area contributed by atoms with Gasteiger partial charge in [0.2, 0.25) is 0 Å². The molecule has 88 valence electrons. The van der Waals surface area contributed by atoms with E-state index < -0.39 is 0 Å². The minimum Gasteiger partial charge on any atom is -0.391 e. The van der Waals surface area contributed by atoms with Crippen molar-refractivity contribution < 1.29 is 5.11 Å². The van der Waals surface area contributed by atoms with Gasteiger partial charge in [0.05, 0.1) is 6.10 Å². The number of hydrogen-bond acceptors (Lipinski definition) is 3. The van der Waals surface area contributed by atoms with Crippen LogP contribution in [0.4, 0.5) is 5.69 Å². The zero-order chi connectivity index (χ0) is 11.5. The lowest BCUT2D eigenvalue weighted by Gasteiger charge is -2.18. The highest BCUT2D eigenvalue weighted by Gasteiger charge is 2.20. The number of β-amino-alcohol motifs (C(OH)–C–C–N with tert-alkyl or cyclic N) is 1. The van der Waals surface area contributed by atoms with Crippen molar-refractivity contribution in [2.75, 3.05) is 25.0 Å². The van der Waals surface area contributed by atoms with Gasteiger partial charge in [-0.05, 0) is 31.2 Å². The third kappa shape index (κ3) is 2.48. The highest BCUT2D eigenvalue weighted by Crippen LogP contribution is 2.26. The predicted molar refractivity (Wildman–Crippen MR) is 67.1 cm³/mol. The van der Waals surface area contributed by atoms with E-state index in [4.69, 9.17) is 11.6 Å². The Hall–Kier alpha value is -0.770. The van der Waals surface area contributed by atoms with Gasteiger partial charge < -0.3 is 15.3 Å². The number of anilines is 1. The van der Waals surface area contributed by atoms with Crippen LogP contribution < -0.4 is 10.2 Å². The zero-order valence-corrected chi connectivity index (χ0v) is 10.2. The van der Waals surface area contributed by atoms with Gasteiger partial charge in [-0.3, -0.25) is 0 Å². The summed E-state index contributed by atoms with van der Waals surface area (Å²) in [5.41, 5.74) is 2.20. The van der Waals surface area contributed by atoms with Crippen molar-refractivity contribution in [2.45, 2.75) is 19.1 Å². The van der Waals surface area contributed by atoms with Gasteiger partial charge in [0.1, 0.15) is 0 Å². The fraction of sp³-hybridized carbons (Fsp3) is 0.500. The Morgan fingerprint density at radius 2 is 2.38 bits per heavy atom. The number of rotatable bonds is 3. The molecule has 16 heavy (non-hydrogen) atoms. The molecular weight excluding hydrogens is 224 g/mol. The van der Waals surface area contributed by atoms with Gasteiger partial charge in [0, 0.05) is 30.3 Å². The molecular formula is C12H17ClN2O. The lowest BCUT2D eigenvalue weighted by molar-refractivity contribution is 0.198. The number of aliphatic hydroxyl groups excluding tert-OH is 1. The number of nitrogens with zero attached hydrogens (tertiary/aromatic N) is 1. The first-order chi connectivity index (χ1) is 7.70. The van der Waals surface area contributed by atoms with Gasteiger partial charge in [-0.15, -0.1) is 0 Å². The molecule has 0 saturated carbocycles. The molecule has 1 aromatic carbocycles. The number of halogens is 1. The topological polar surface area (TPSA) is 35.5 Å². The van der Waals surface area contributed by atoms with Crippen LogP contribution in [0, 0.1) is 0 Å². The number of nitrogens with one attached hydrogen (secondary N) is 1. The first kappa shape index (κ1) is 11.7. The molecule has 1 aromatic rings. The van der Waals surface area contributed by atoms with Gasteiger partial charge in [-0.1, -0.05) is 17.7 Å². The SMILES string of the molecule is CNCc1ccc(N2CCC(O)C2)cc1Cl. The smallest absolute Gasteiger partial charge is 0.0731 e. The van der Waals surface area contributed by atoms with Crippen molar-refractivity contribution >= 4 is 17.3 Å². The normalized spacial score (nSPS) is 20.4. The first-order valence-electron chi connectivity index (χ1n) is 5.56. The van der Waals surface area contributed by atoms with Crippen LogP contribution in [0.5, 0.6) is 0 Å². The van der Waals surface area contributed by atoms with Crippen molar-refractivity contribution in [1.29, 1.82) is 0 Å². The Bertz CT molecular complexity index is 370. The van der Waals surface area contributed by atoms with Gasteiger partial charge in [0.15, 0.2) is 0 Å². The maximum Gasteiger partial charge on any atom is 0.0731 e. The number of benzene rings is 1. The molecule has 1 atom stereocenters. The molecule has 0 amide bonds. The molecule has 1 aliphatic heterocycles. The molecule has 0 bridgehead atoms. The van der Waals surface area contributed by atoms with Crippen LogP contribution in [0.15, 0.2) is 18.2 Å². The van der Waals surface area contributed by atoms with E-state index in [-0.39, 0.29) is 6.10 Å². The van der Waals surface area contributed by atoms with E-state index in [9.17, 15) is 5.11 Å². The highest BCUT2D eigenvalue weighted by molar-refractivity contribution is 6.31. The first-order valence-corrected chi connectivity index (χ1v) is 5.94. The van der Waals surface area contributed by atoms with Gasteiger partial charge in [-0.25, -0.2) is 0 Å². The van der Waals surface area contributed by atoms with Crippen molar-refractivity contribution in [1.82, 2.24) is 5.32 Å². The Labute approximate surface area is 101 Å². The summed E-state index contributed by atoms with van der Waals surface area (Å²) >= 11 is 6.19. The second-order valence-corrected chi connectivity index (χ2v) is 4.60. The van der Waals surface area contributed by atoms with E-state index in [1.165, 1.54) is 0 Å². The van der Waals surface area contributed by atoms with Crippen molar-refractivity contribution in [3.05, 3.63) is 28.8 Å². The molecule has 0 spiro atoms. The lowest BCUT2D eigenvalue weighted by atomic mass is 10.2. The third-order valence-electron chi connectivity index (χ3n) is 2.93. The van der Waals surface area contributed by atoms with Gasteiger partial charge in [0.25, 0.3) is 0 Å². The summed E-state index contributed by atoms with van der Waals surface area (Å²) in [7, 11) is 1.90. The van der Waals surface area contributed by atoms with E-state index in [1.54, 1.807) is 0 Å². The maximum atomic E-state index is 9.48. The molecule has 1 aliphatic rings. The zero-order valence-electron chi connectivity index (χ0n) is 9.41. The van der Waals surface area contributed by atoms with Crippen LogP contribution in [0.1, 0.15) is 12.0 Å². The molecule has 0 aliphatic carbocycles. The Balaban J connectivity index is 2.14. The largest absolute Gasteiger partial charge is 0.391 e. The fourth-order valence-electron chi connectivity index (χ4n) is 2.04. The lowest BCUT2D eigenvalue weighted by Crippen LogP contribution is -2.21. The van der Waals surface area contributed by atoms with Crippen LogP contribution in [0.2, 0.25) is 5.02 Å². The molecule has 2 rings (SSSR count). The average Bonchev–Trinajstić information content (AvgIpc) is 2.68. The average molecular weight is 241 g/mol. The van der Waals surface area contributed by atoms with E-state index in [1.807, 2.05) is 19.2 Å². The molecule has 1 fully saturated rings. The summed E-state index contributed by atoms with van der Waals surface area (Å²) in [6, 6.07) is 6.09. The molecule has 2 N–H and O–H groups in total. The molecule has 3 nitrogen and oxygen atoms in total. The second kappa shape index (κ2) is 5.04. The summed E-state index contributed by atoms with van der Waals surface area (Å²) in [5, 5.41) is 13.4. The summed E-state index contributed by atoms with van der Waals surface area (Å²) in [6.07, 6.45) is 0.645. The number of hydrogen-bond donors (Lipinski definition) is 2. The highest BCUT2D eigenvalue weighted by atomic mass is 35.5. The van der Waals surface area contributed by atoms with Crippen LogP contribution >= 0.6 is 11.6 Å². The third-order valence-corrected chi connectivity index (χ3v) is 3.28. The molecule has 1 heterocycles. The van der Waals surface area contributed by atoms with Crippen LogP contribution in [-0.2, 0) is 6.54 Å². The Morgan fingerprint density at radius 3 is 2.94 bits per heavy atom. The van der Waals surface area contributed by atoms with E-state index >= 15 is 0 Å². The molecule has 0 aromatic heterocycles. The van der Waals surface area contributed by atoms with Gasteiger partial charge >= 0.3 is 0 Å². The van der Waals surface area contributed by atoms with Gasteiger partial charge in [-0.2, -0.15) is 0 Å². The molecule has 4 heteroatoms. The molecule has 1 saturated heterocycles. The van der Waals surface area contributed by atoms with Crippen LogP contribution in [0.25, 0.3) is 0 Å². The summed E-state index contributed by atoms with van der Waals surface area (Å²) in [6.45, 7) is 2.40. The van der Waals surface area contributed by atoms with Crippen molar-refractivity contribution in [2.24, 2.45) is 0 Å². The van der Waals surface area contributed by atoms with Crippen molar-refractivity contribution in [3.63, 3.8) is 0 Å². The fourth-order valence-corrected chi connectivity index (χ4v) is 2.28. The Kier molecular flexibility index (Phi) is 3.69. The van der Waals surface area contributed by atoms with E-state index in [0.29, 0.717) is 6.54 Å². The maximum absolute atomic E-state index is 9.48. The van der Waals surface area contributed by atoms with E-state index in [2.05, 4.69) is 16.3 Å². The van der Waals surface area contributed by atoms with Crippen molar-refractivity contribution in [3.8, 4) is 0 Å². The Morgan fingerprint density at radius 1 is 1.56 bits per heavy atom. The van der Waals surface area contributed by atoms with Crippen LogP contribution in [0.3, 0.4) is 0 Å². The second-order valence-electron chi connectivity index (χ2n) is 4.19. The molecule has 1 unspecified atom stereocenters.